The fourth-order valence-corrected chi connectivity index (χ4v) is 5.18. The molecule has 2 atom stereocenters. The summed E-state index contributed by atoms with van der Waals surface area (Å²) < 4.78 is 0. The summed E-state index contributed by atoms with van der Waals surface area (Å²) in [5.41, 5.74) is 2.81. The number of aliphatic hydroxyl groups excluding tert-OH is 1. The van der Waals surface area contributed by atoms with Gasteiger partial charge in [0, 0.05) is 18.5 Å². The standard InChI is InChI=1S/C24H39NO.ClH/c1-19(2)21-14-10-11-15-22(21)23-16-17-25(18-24(23)26)20-12-8-6-4-3-5-7-9-13-20;/h10-11,14-15,19-20,23-24,26H,3-9,12-13,16-18H2,1-2H3;1H. The Morgan fingerprint density at radius 3 is 2.07 bits per heavy atom. The smallest absolute Gasteiger partial charge is 0.0736 e. The number of likely N-dealkylation sites (tertiary alicyclic amines) is 1. The van der Waals surface area contributed by atoms with Crippen LogP contribution in [0.2, 0.25) is 0 Å². The molecule has 1 aromatic rings. The van der Waals surface area contributed by atoms with E-state index in [1.54, 1.807) is 0 Å². The van der Waals surface area contributed by atoms with Gasteiger partial charge in [-0.3, -0.25) is 4.90 Å². The monoisotopic (exact) mass is 393 g/mol. The molecule has 1 heterocycles. The van der Waals surface area contributed by atoms with Crippen LogP contribution in [-0.2, 0) is 0 Å². The Hall–Kier alpha value is -0.570. The molecule has 27 heavy (non-hydrogen) atoms. The van der Waals surface area contributed by atoms with Crippen LogP contribution in [-0.4, -0.2) is 35.2 Å². The Morgan fingerprint density at radius 1 is 0.889 bits per heavy atom. The molecule has 1 N–H and O–H groups in total. The van der Waals surface area contributed by atoms with Gasteiger partial charge in [0.15, 0.2) is 0 Å². The molecule has 1 aliphatic carbocycles. The van der Waals surface area contributed by atoms with Crippen molar-refractivity contribution in [1.29, 1.82) is 0 Å². The zero-order valence-corrected chi connectivity index (χ0v) is 18.2. The highest BCUT2D eigenvalue weighted by atomic mass is 35.5. The van der Waals surface area contributed by atoms with Gasteiger partial charge in [0.05, 0.1) is 6.10 Å². The second-order valence-electron chi connectivity index (χ2n) is 8.95. The summed E-state index contributed by atoms with van der Waals surface area (Å²) in [7, 11) is 0. The molecule has 154 valence electrons. The van der Waals surface area contributed by atoms with Crippen molar-refractivity contribution >= 4 is 12.4 Å². The summed E-state index contributed by atoms with van der Waals surface area (Å²) in [5.74, 6) is 0.833. The van der Waals surface area contributed by atoms with Crippen LogP contribution in [0, 0.1) is 0 Å². The summed E-state index contributed by atoms with van der Waals surface area (Å²) in [4.78, 5) is 2.63. The predicted molar refractivity (Wildman–Crippen MR) is 118 cm³/mol. The van der Waals surface area contributed by atoms with Crippen molar-refractivity contribution in [3.05, 3.63) is 35.4 Å². The fraction of sp³-hybridized carbons (Fsp3) is 0.750. The van der Waals surface area contributed by atoms with E-state index in [0.717, 1.165) is 19.5 Å². The third kappa shape index (κ3) is 6.21. The first-order valence-corrected chi connectivity index (χ1v) is 11.2. The lowest BCUT2D eigenvalue weighted by atomic mass is 9.81. The van der Waals surface area contributed by atoms with E-state index in [0.29, 0.717) is 17.9 Å². The molecule has 3 heteroatoms. The van der Waals surface area contributed by atoms with Gasteiger partial charge in [0.2, 0.25) is 0 Å². The van der Waals surface area contributed by atoms with Crippen molar-refractivity contribution in [3.63, 3.8) is 0 Å². The molecule has 0 spiro atoms. The van der Waals surface area contributed by atoms with Crippen molar-refractivity contribution in [2.24, 2.45) is 0 Å². The van der Waals surface area contributed by atoms with E-state index in [4.69, 9.17) is 0 Å². The van der Waals surface area contributed by atoms with E-state index in [9.17, 15) is 5.11 Å². The maximum atomic E-state index is 11.0. The SMILES string of the molecule is CC(C)c1ccccc1C1CCN(C2CCCCCCCCC2)CC1O.Cl. The summed E-state index contributed by atoms with van der Waals surface area (Å²) in [5, 5.41) is 11.0. The van der Waals surface area contributed by atoms with Gasteiger partial charge in [0.1, 0.15) is 0 Å². The number of piperidine rings is 1. The Bertz CT molecular complexity index is 537. The van der Waals surface area contributed by atoms with Crippen molar-refractivity contribution < 1.29 is 5.11 Å². The summed E-state index contributed by atoms with van der Waals surface area (Å²) in [6.07, 6.45) is 13.4. The zero-order valence-electron chi connectivity index (χ0n) is 17.4. The predicted octanol–water partition coefficient (Wildman–Crippen LogP) is 6.28. The number of hydrogen-bond donors (Lipinski definition) is 1. The molecule has 1 saturated heterocycles. The van der Waals surface area contributed by atoms with E-state index >= 15 is 0 Å². The molecule has 0 radical (unpaired) electrons. The summed E-state index contributed by atoms with van der Waals surface area (Å²) >= 11 is 0. The molecule has 0 aromatic heterocycles. The van der Waals surface area contributed by atoms with Crippen LogP contribution in [0.1, 0.15) is 101 Å². The molecule has 2 fully saturated rings. The molecule has 1 aliphatic heterocycles. The number of nitrogens with zero attached hydrogens (tertiary/aromatic N) is 1. The average molecular weight is 394 g/mol. The topological polar surface area (TPSA) is 23.5 Å². The maximum Gasteiger partial charge on any atom is 0.0736 e. The molecular weight excluding hydrogens is 354 g/mol. The molecular formula is C24H40ClNO. The molecule has 0 amide bonds. The van der Waals surface area contributed by atoms with Crippen LogP contribution in [0.25, 0.3) is 0 Å². The number of β-amino-alcohol motifs (C(OH)–C–C–N with tert-alkyl or cyclic N) is 1. The minimum absolute atomic E-state index is 0. The number of hydrogen-bond acceptors (Lipinski definition) is 2. The highest BCUT2D eigenvalue weighted by molar-refractivity contribution is 5.85. The van der Waals surface area contributed by atoms with Gasteiger partial charge < -0.3 is 5.11 Å². The van der Waals surface area contributed by atoms with Gasteiger partial charge in [-0.05, 0) is 42.9 Å². The second kappa shape index (κ2) is 11.4. The van der Waals surface area contributed by atoms with Crippen LogP contribution in [0.5, 0.6) is 0 Å². The number of halogens is 1. The Kier molecular flexibility index (Phi) is 9.62. The van der Waals surface area contributed by atoms with Gasteiger partial charge in [-0.25, -0.2) is 0 Å². The first-order valence-electron chi connectivity index (χ1n) is 11.2. The number of aliphatic hydroxyl groups is 1. The number of rotatable bonds is 3. The second-order valence-corrected chi connectivity index (χ2v) is 8.95. The van der Waals surface area contributed by atoms with Crippen LogP contribution in [0.4, 0.5) is 0 Å². The quantitative estimate of drug-likeness (QED) is 0.653. The lowest BCUT2D eigenvalue weighted by Crippen LogP contribution is -2.48. The highest BCUT2D eigenvalue weighted by Crippen LogP contribution is 2.35. The van der Waals surface area contributed by atoms with Gasteiger partial charge in [-0.15, -0.1) is 12.4 Å². The van der Waals surface area contributed by atoms with E-state index in [1.165, 1.54) is 68.9 Å². The van der Waals surface area contributed by atoms with Gasteiger partial charge in [-0.1, -0.05) is 83.1 Å². The molecule has 2 unspecified atom stereocenters. The normalized spacial score (nSPS) is 26.5. The third-order valence-corrected chi connectivity index (χ3v) is 6.72. The zero-order chi connectivity index (χ0) is 18.4. The van der Waals surface area contributed by atoms with Gasteiger partial charge >= 0.3 is 0 Å². The van der Waals surface area contributed by atoms with Crippen LogP contribution in [0.15, 0.2) is 24.3 Å². The van der Waals surface area contributed by atoms with Crippen molar-refractivity contribution in [1.82, 2.24) is 4.90 Å². The Labute approximate surface area is 173 Å². The Balaban J connectivity index is 0.00000261. The van der Waals surface area contributed by atoms with Crippen LogP contribution >= 0.6 is 12.4 Å². The Morgan fingerprint density at radius 2 is 1.48 bits per heavy atom. The van der Waals surface area contributed by atoms with Crippen molar-refractivity contribution in [3.8, 4) is 0 Å². The van der Waals surface area contributed by atoms with E-state index in [-0.39, 0.29) is 18.5 Å². The lowest BCUT2D eigenvalue weighted by molar-refractivity contribution is 0.0238. The molecule has 2 aliphatic rings. The lowest BCUT2D eigenvalue weighted by Gasteiger charge is -2.41. The first-order chi connectivity index (χ1) is 12.7. The first kappa shape index (κ1) is 22.7. The van der Waals surface area contributed by atoms with Crippen LogP contribution < -0.4 is 0 Å². The van der Waals surface area contributed by atoms with Gasteiger partial charge in [0.25, 0.3) is 0 Å². The van der Waals surface area contributed by atoms with Crippen molar-refractivity contribution in [2.45, 2.75) is 102 Å². The largest absolute Gasteiger partial charge is 0.391 e. The van der Waals surface area contributed by atoms with Crippen molar-refractivity contribution in [2.75, 3.05) is 13.1 Å². The maximum absolute atomic E-state index is 11.0. The number of benzene rings is 1. The third-order valence-electron chi connectivity index (χ3n) is 6.72. The molecule has 1 aromatic carbocycles. The van der Waals surface area contributed by atoms with E-state index in [2.05, 4.69) is 43.0 Å². The summed E-state index contributed by atoms with van der Waals surface area (Å²) in [6, 6.07) is 9.48. The minimum Gasteiger partial charge on any atom is -0.391 e. The van der Waals surface area contributed by atoms with Crippen LogP contribution in [0.3, 0.4) is 0 Å². The summed E-state index contributed by atoms with van der Waals surface area (Å²) in [6.45, 7) is 6.54. The molecule has 1 saturated carbocycles. The highest BCUT2D eigenvalue weighted by Gasteiger charge is 2.33. The minimum atomic E-state index is -0.223. The average Bonchev–Trinajstić information content (AvgIpc) is 2.66. The fourth-order valence-electron chi connectivity index (χ4n) is 5.18. The van der Waals surface area contributed by atoms with Gasteiger partial charge in [-0.2, -0.15) is 0 Å². The molecule has 3 rings (SSSR count). The van der Waals surface area contributed by atoms with E-state index < -0.39 is 0 Å². The molecule has 2 nitrogen and oxygen atoms in total. The van der Waals surface area contributed by atoms with E-state index in [1.807, 2.05) is 0 Å². The molecule has 0 bridgehead atoms.